The van der Waals surface area contributed by atoms with Gasteiger partial charge in [0, 0.05) is 33.5 Å². The first-order valence-corrected chi connectivity index (χ1v) is 25.2. The van der Waals surface area contributed by atoms with Crippen LogP contribution in [0.3, 0.4) is 0 Å². The second-order valence-electron chi connectivity index (χ2n) is 20.9. The molecule has 0 N–H and O–H groups in total. The average Bonchev–Trinajstić information content (AvgIpc) is 3.80. The molecular formula is C70H50N2. The van der Waals surface area contributed by atoms with Crippen LogP contribution in [0.5, 0.6) is 0 Å². The fourth-order valence-corrected chi connectivity index (χ4v) is 12.2. The molecule has 12 aromatic rings. The van der Waals surface area contributed by atoms with Gasteiger partial charge >= 0.3 is 0 Å². The molecule has 0 saturated heterocycles. The number of hydrogen-bond acceptors (Lipinski definition) is 2. The summed E-state index contributed by atoms with van der Waals surface area (Å²) in [4.78, 5) is 9.78. The number of pyridine rings is 2. The monoisotopic (exact) mass is 918 g/mol. The minimum Gasteiger partial charge on any atom is -0.256 e. The van der Waals surface area contributed by atoms with Gasteiger partial charge in [-0.2, -0.15) is 0 Å². The fourth-order valence-electron chi connectivity index (χ4n) is 12.2. The number of nitrogens with zero attached hydrogens (tertiary/aromatic N) is 2. The summed E-state index contributed by atoms with van der Waals surface area (Å²) in [6.45, 7) is 9.52. The molecule has 0 amide bonds. The highest BCUT2D eigenvalue weighted by molar-refractivity contribution is 6.18. The molecule has 340 valence electrons. The Balaban J connectivity index is 0.936. The predicted molar refractivity (Wildman–Crippen MR) is 302 cm³/mol. The van der Waals surface area contributed by atoms with Crippen molar-refractivity contribution >= 4 is 32.4 Å². The van der Waals surface area contributed by atoms with Gasteiger partial charge in [0.2, 0.25) is 0 Å². The van der Waals surface area contributed by atoms with Crippen LogP contribution in [0.15, 0.2) is 231 Å². The Kier molecular flexibility index (Phi) is 9.32. The summed E-state index contributed by atoms with van der Waals surface area (Å²) >= 11 is 0. The maximum atomic E-state index is 5.09. The molecule has 10 aromatic carbocycles. The first-order valence-electron chi connectivity index (χ1n) is 25.2. The molecule has 72 heavy (non-hydrogen) atoms. The Labute approximate surface area is 421 Å². The smallest absolute Gasteiger partial charge is 0.0709 e. The molecule has 0 saturated carbocycles. The third-order valence-electron chi connectivity index (χ3n) is 16.1. The number of fused-ring (bicyclic) bond motifs is 10. The van der Waals surface area contributed by atoms with Crippen LogP contribution in [0.4, 0.5) is 0 Å². The molecule has 0 radical (unpaired) electrons. The van der Waals surface area contributed by atoms with Gasteiger partial charge in [-0.15, -0.1) is 0 Å². The highest BCUT2D eigenvalue weighted by Crippen LogP contribution is 2.53. The summed E-state index contributed by atoms with van der Waals surface area (Å²) in [6.07, 6.45) is 1.88. The summed E-state index contributed by atoms with van der Waals surface area (Å²) in [5, 5.41) is 6.13. The van der Waals surface area contributed by atoms with Gasteiger partial charge in [0.25, 0.3) is 0 Å². The average molecular weight is 919 g/mol. The van der Waals surface area contributed by atoms with Crippen molar-refractivity contribution in [2.24, 2.45) is 0 Å². The van der Waals surface area contributed by atoms with E-state index in [1.807, 2.05) is 12.3 Å². The molecule has 2 nitrogen and oxygen atoms in total. The van der Waals surface area contributed by atoms with Gasteiger partial charge in [-0.1, -0.05) is 179 Å². The van der Waals surface area contributed by atoms with Gasteiger partial charge in [0.15, 0.2) is 0 Å². The molecular weight excluding hydrogens is 869 g/mol. The lowest BCUT2D eigenvalue weighted by molar-refractivity contribution is 0.660. The number of benzene rings is 10. The molecule has 2 aliphatic rings. The van der Waals surface area contributed by atoms with Crippen LogP contribution in [0.25, 0.3) is 122 Å². The van der Waals surface area contributed by atoms with Gasteiger partial charge in [-0.05, 0) is 183 Å². The number of para-hydroxylation sites is 1. The predicted octanol–water partition coefficient (Wildman–Crippen LogP) is 18.6. The maximum absolute atomic E-state index is 5.09. The Morgan fingerprint density at radius 2 is 0.722 bits per heavy atom. The van der Waals surface area contributed by atoms with Crippen molar-refractivity contribution in [1.29, 1.82) is 0 Å². The zero-order chi connectivity index (χ0) is 48.3. The Bertz CT molecular complexity index is 4180. The van der Waals surface area contributed by atoms with Gasteiger partial charge in [0.05, 0.1) is 16.9 Å². The maximum Gasteiger partial charge on any atom is 0.0709 e. The highest BCUT2D eigenvalue weighted by atomic mass is 14.7. The molecule has 0 atom stereocenters. The van der Waals surface area contributed by atoms with E-state index in [-0.39, 0.29) is 10.8 Å². The van der Waals surface area contributed by atoms with Crippen LogP contribution in [-0.2, 0) is 10.8 Å². The third-order valence-corrected chi connectivity index (χ3v) is 16.1. The molecule has 2 heterocycles. The Morgan fingerprint density at radius 3 is 1.22 bits per heavy atom. The lowest BCUT2D eigenvalue weighted by Crippen LogP contribution is -2.15. The van der Waals surface area contributed by atoms with E-state index in [1.54, 1.807) is 0 Å². The number of rotatable bonds is 6. The fraction of sp³-hybridized carbons (Fsp3) is 0.0857. The van der Waals surface area contributed by atoms with Crippen LogP contribution in [0, 0.1) is 0 Å². The van der Waals surface area contributed by atoms with Gasteiger partial charge in [-0.25, -0.2) is 4.98 Å². The summed E-state index contributed by atoms with van der Waals surface area (Å²) in [7, 11) is 0. The molecule has 0 unspecified atom stereocenters. The van der Waals surface area contributed by atoms with E-state index >= 15 is 0 Å². The SMILES string of the molecule is CC1(C)c2cc(-c3ccccn3)ccc2-c2ccc(-c3cc(-c4ccccc4)cc4c3ccc3c(-c5ccc6c(c5)C(C)(C)c5cc(-c7ccc8ccccc8n7)ccc5-6)cc(-c5ccccc5)cc34)cc21. The second-order valence-corrected chi connectivity index (χ2v) is 20.9. The van der Waals surface area contributed by atoms with Crippen molar-refractivity contribution < 1.29 is 0 Å². The molecule has 0 aliphatic heterocycles. The van der Waals surface area contributed by atoms with Crippen molar-refractivity contribution in [2.45, 2.75) is 38.5 Å². The second kappa shape index (κ2) is 15.9. The summed E-state index contributed by atoms with van der Waals surface area (Å²) in [6, 6.07) is 83.3. The first kappa shape index (κ1) is 42.2. The lowest BCUT2D eigenvalue weighted by atomic mass is 9.80. The van der Waals surface area contributed by atoms with E-state index in [2.05, 4.69) is 246 Å². The minimum atomic E-state index is -0.222. The summed E-state index contributed by atoms with van der Waals surface area (Å²) in [5.41, 5.74) is 25.2. The van der Waals surface area contributed by atoms with Gasteiger partial charge in [-0.3, -0.25) is 4.98 Å². The molecule has 14 rings (SSSR count). The minimum absolute atomic E-state index is 0.201. The standard InChI is InChI=1S/C70H50N2/c1-69(2)62-39-46(22-27-54(62)56-29-24-48(41-64(56)69)66-20-13-14-34-71-66)58-35-50(43-15-7-5-8-16-43)37-60-52(58)31-32-53-59(36-51(38-61(53)60)44-17-9-6-10-18-44)47-23-28-55-57-30-25-49(42-65(57)70(3,4)63(55)40-47)68-33-26-45-19-11-12-21-67(45)72-68/h5-42H,1-4H3. The topological polar surface area (TPSA) is 25.8 Å². The van der Waals surface area contributed by atoms with Gasteiger partial charge < -0.3 is 0 Å². The van der Waals surface area contributed by atoms with E-state index in [4.69, 9.17) is 9.97 Å². The van der Waals surface area contributed by atoms with Crippen LogP contribution in [0.1, 0.15) is 49.9 Å². The Morgan fingerprint density at radius 1 is 0.278 bits per heavy atom. The third kappa shape index (κ3) is 6.56. The zero-order valence-corrected chi connectivity index (χ0v) is 40.8. The molecule has 0 fully saturated rings. The molecule has 2 aromatic heterocycles. The summed E-state index contributed by atoms with van der Waals surface area (Å²) in [5.74, 6) is 0. The van der Waals surface area contributed by atoms with Crippen molar-refractivity contribution in [3.05, 3.63) is 253 Å². The van der Waals surface area contributed by atoms with Crippen molar-refractivity contribution in [3.63, 3.8) is 0 Å². The van der Waals surface area contributed by atoms with E-state index < -0.39 is 0 Å². The molecule has 0 spiro atoms. The quantitative estimate of drug-likeness (QED) is 0.155. The van der Waals surface area contributed by atoms with Crippen molar-refractivity contribution in [2.75, 3.05) is 0 Å². The lowest BCUT2D eigenvalue weighted by Gasteiger charge is -2.23. The Hall–Kier alpha value is -8.72. The largest absolute Gasteiger partial charge is 0.256 e. The van der Waals surface area contributed by atoms with Gasteiger partial charge in [0.1, 0.15) is 0 Å². The van der Waals surface area contributed by atoms with Crippen molar-refractivity contribution in [1.82, 2.24) is 9.97 Å². The van der Waals surface area contributed by atoms with Crippen LogP contribution in [-0.4, -0.2) is 9.97 Å². The van der Waals surface area contributed by atoms with E-state index in [9.17, 15) is 0 Å². The van der Waals surface area contributed by atoms with Crippen molar-refractivity contribution in [3.8, 4) is 89.3 Å². The number of hydrogen-bond donors (Lipinski definition) is 0. The first-order chi connectivity index (χ1) is 35.2. The normalized spacial score (nSPS) is 13.8. The van der Waals surface area contributed by atoms with E-state index in [0.29, 0.717) is 0 Å². The summed E-state index contributed by atoms with van der Waals surface area (Å²) < 4.78 is 0. The molecule has 2 aliphatic carbocycles. The highest BCUT2D eigenvalue weighted by Gasteiger charge is 2.37. The van der Waals surface area contributed by atoms with E-state index in [0.717, 1.165) is 33.4 Å². The molecule has 2 heteroatoms. The molecule has 0 bridgehead atoms. The zero-order valence-electron chi connectivity index (χ0n) is 40.8. The van der Waals surface area contributed by atoms with Crippen LogP contribution < -0.4 is 0 Å². The van der Waals surface area contributed by atoms with Crippen LogP contribution in [0.2, 0.25) is 0 Å². The van der Waals surface area contributed by atoms with E-state index in [1.165, 1.54) is 111 Å². The van der Waals surface area contributed by atoms with Crippen LogP contribution >= 0.6 is 0 Å². The number of aromatic nitrogens is 2.